The number of hydrogen-bond donors (Lipinski definition) is 2. The van der Waals surface area contributed by atoms with Crippen molar-refractivity contribution in [3.05, 3.63) is 89.4 Å². The second-order valence-electron chi connectivity index (χ2n) is 8.56. The molecule has 5 aromatic rings. The largest absolute Gasteiger partial charge is 0.331 e. The van der Waals surface area contributed by atoms with Crippen LogP contribution in [0.3, 0.4) is 0 Å². The van der Waals surface area contributed by atoms with Crippen molar-refractivity contribution in [1.82, 2.24) is 45.1 Å². The van der Waals surface area contributed by atoms with Gasteiger partial charge in [-0.1, -0.05) is 37.6 Å². The number of nitrogens with zero attached hydrogens (tertiary/aromatic N) is 7. The third-order valence-corrected chi connectivity index (χ3v) is 5.93. The molecule has 3 heterocycles. The van der Waals surface area contributed by atoms with Gasteiger partial charge in [-0.25, -0.2) is 28.5 Å². The van der Waals surface area contributed by atoms with Crippen LogP contribution < -0.4 is 10.6 Å². The number of halogens is 2. The molecule has 0 fully saturated rings. The Morgan fingerprint density at radius 3 is 2.54 bits per heavy atom. The van der Waals surface area contributed by atoms with E-state index in [2.05, 4.69) is 35.8 Å². The van der Waals surface area contributed by atoms with E-state index in [0.717, 1.165) is 16.6 Å². The summed E-state index contributed by atoms with van der Waals surface area (Å²) in [5.74, 6) is 1.05. The number of hydrogen-bond acceptors (Lipinski definition) is 6. The predicted octanol–water partition coefficient (Wildman–Crippen LogP) is 4.31. The number of amides is 2. The molecule has 0 atom stereocenters. The molecule has 2 aromatic carbocycles. The number of pyridine rings is 1. The number of carbonyl (C=O) groups is 1. The molecular weight excluding hydrogens is 497 g/mol. The lowest BCUT2D eigenvalue weighted by Crippen LogP contribution is -2.36. The number of aromatic nitrogens is 7. The minimum atomic E-state index is -0.566. The summed E-state index contributed by atoms with van der Waals surface area (Å²) in [4.78, 5) is 25.8. The Hall–Kier alpha value is -4.38. The van der Waals surface area contributed by atoms with Gasteiger partial charge in [0.15, 0.2) is 17.5 Å². The molecule has 12 heteroatoms. The zero-order chi connectivity index (χ0) is 25.9. The molecule has 0 unspecified atom stereocenters. The summed E-state index contributed by atoms with van der Waals surface area (Å²) in [5.41, 5.74) is 2.07. The number of rotatable bonds is 7. The van der Waals surface area contributed by atoms with Crippen molar-refractivity contribution in [3.63, 3.8) is 0 Å². The maximum Gasteiger partial charge on any atom is 0.315 e. The van der Waals surface area contributed by atoms with E-state index >= 15 is 0 Å². The van der Waals surface area contributed by atoms with E-state index in [1.165, 1.54) is 23.1 Å². The van der Waals surface area contributed by atoms with Crippen LogP contribution in [-0.2, 0) is 13.1 Å². The van der Waals surface area contributed by atoms with Crippen molar-refractivity contribution >= 4 is 28.5 Å². The smallest absolute Gasteiger partial charge is 0.315 e. The second-order valence-corrected chi connectivity index (χ2v) is 8.96. The van der Waals surface area contributed by atoms with Crippen LogP contribution >= 0.6 is 11.6 Å². The lowest BCUT2D eigenvalue weighted by atomic mass is 10.2. The first kappa shape index (κ1) is 24.3. The van der Waals surface area contributed by atoms with Crippen molar-refractivity contribution in [2.45, 2.75) is 32.9 Å². The summed E-state index contributed by atoms with van der Waals surface area (Å²) in [7, 11) is 0. The maximum absolute atomic E-state index is 14.1. The van der Waals surface area contributed by atoms with Crippen LogP contribution in [0.25, 0.3) is 22.3 Å². The predicted molar refractivity (Wildman–Crippen MR) is 136 cm³/mol. The Kier molecular flexibility index (Phi) is 6.78. The van der Waals surface area contributed by atoms with Crippen LogP contribution in [0.15, 0.2) is 61.1 Å². The number of urea groups is 1. The molecule has 188 valence electrons. The highest BCUT2D eigenvalue weighted by Crippen LogP contribution is 2.21. The van der Waals surface area contributed by atoms with E-state index < -0.39 is 11.8 Å². The lowest BCUT2D eigenvalue weighted by Gasteiger charge is -2.10. The van der Waals surface area contributed by atoms with Gasteiger partial charge in [0.1, 0.15) is 12.1 Å². The van der Waals surface area contributed by atoms with Crippen LogP contribution in [0.4, 0.5) is 9.18 Å². The van der Waals surface area contributed by atoms with Crippen molar-refractivity contribution in [1.29, 1.82) is 0 Å². The highest BCUT2D eigenvalue weighted by atomic mass is 35.5. The van der Waals surface area contributed by atoms with Crippen LogP contribution in [0.1, 0.15) is 37.2 Å². The first-order chi connectivity index (χ1) is 17.9. The van der Waals surface area contributed by atoms with E-state index in [9.17, 15) is 9.18 Å². The maximum atomic E-state index is 14.1. The van der Waals surface area contributed by atoms with Gasteiger partial charge in [0, 0.05) is 23.6 Å². The zero-order valence-corrected chi connectivity index (χ0v) is 20.8. The average molecular weight is 520 g/mol. The van der Waals surface area contributed by atoms with Crippen molar-refractivity contribution < 1.29 is 9.18 Å². The van der Waals surface area contributed by atoms with Crippen molar-refractivity contribution in [3.8, 4) is 11.4 Å². The minimum absolute atomic E-state index is 0.0137. The summed E-state index contributed by atoms with van der Waals surface area (Å²) in [6.45, 7) is 4.11. The molecule has 2 amide bonds. The molecule has 0 aliphatic heterocycles. The molecule has 2 N–H and O–H groups in total. The highest BCUT2D eigenvalue weighted by Gasteiger charge is 2.16. The van der Waals surface area contributed by atoms with Gasteiger partial charge >= 0.3 is 6.03 Å². The Labute approximate surface area is 216 Å². The van der Waals surface area contributed by atoms with E-state index in [4.69, 9.17) is 11.6 Å². The summed E-state index contributed by atoms with van der Waals surface area (Å²) in [5, 5.41) is 15.4. The molecule has 10 nitrogen and oxygen atoms in total. The number of carbonyl (C=O) groups excluding carboxylic acids is 1. The minimum Gasteiger partial charge on any atom is -0.331 e. The molecular formula is C25H23ClFN9O. The van der Waals surface area contributed by atoms with Crippen LogP contribution in [0.5, 0.6) is 0 Å². The van der Waals surface area contributed by atoms with Gasteiger partial charge in [-0.15, -0.1) is 0 Å². The fraction of sp³-hybridized carbons (Fsp3) is 0.200. The van der Waals surface area contributed by atoms with Crippen molar-refractivity contribution in [2.24, 2.45) is 0 Å². The number of benzene rings is 2. The first-order valence-corrected chi connectivity index (χ1v) is 11.9. The summed E-state index contributed by atoms with van der Waals surface area (Å²) in [6, 6.07) is 13.6. The molecule has 0 saturated carbocycles. The van der Waals surface area contributed by atoms with Gasteiger partial charge in [-0.05, 0) is 30.3 Å². The zero-order valence-electron chi connectivity index (χ0n) is 20.1. The molecule has 0 saturated heterocycles. The van der Waals surface area contributed by atoms with Gasteiger partial charge in [-0.2, -0.15) is 10.2 Å². The van der Waals surface area contributed by atoms with Gasteiger partial charge in [0.25, 0.3) is 0 Å². The second kappa shape index (κ2) is 10.3. The first-order valence-electron chi connectivity index (χ1n) is 11.6. The van der Waals surface area contributed by atoms with Crippen LogP contribution in [0, 0.1) is 5.82 Å². The van der Waals surface area contributed by atoms with Crippen LogP contribution in [0.2, 0.25) is 5.02 Å². The standard InChI is InChI=1S/C25H23ClFN9O/c1-15(2)24-33-23(36(34-24)17-7-8-19(26)20(27)10-17)13-30-25(37)29-12-22-31-14-32-35(22)18-6-5-16-4-3-9-28-21(16)11-18/h3-11,14-15H,12-13H2,1-2H3,(H2,29,30,37). The van der Waals surface area contributed by atoms with E-state index in [0.29, 0.717) is 23.2 Å². The molecule has 0 aliphatic carbocycles. The summed E-state index contributed by atoms with van der Waals surface area (Å²) in [6.07, 6.45) is 3.16. The summed E-state index contributed by atoms with van der Waals surface area (Å²) < 4.78 is 17.2. The Morgan fingerprint density at radius 2 is 1.76 bits per heavy atom. The quantitative estimate of drug-likeness (QED) is 0.331. The van der Waals surface area contributed by atoms with E-state index in [1.54, 1.807) is 16.9 Å². The lowest BCUT2D eigenvalue weighted by molar-refractivity contribution is 0.239. The molecule has 0 bridgehead atoms. The Bertz CT molecular complexity index is 1580. The molecule has 0 spiro atoms. The Morgan fingerprint density at radius 1 is 1.00 bits per heavy atom. The highest BCUT2D eigenvalue weighted by molar-refractivity contribution is 6.30. The van der Waals surface area contributed by atoms with Crippen LogP contribution in [-0.4, -0.2) is 40.5 Å². The topological polar surface area (TPSA) is 115 Å². The third-order valence-electron chi connectivity index (χ3n) is 5.62. The molecule has 5 rings (SSSR count). The fourth-order valence-electron chi connectivity index (χ4n) is 3.71. The van der Waals surface area contributed by atoms with Gasteiger partial charge in [-0.3, -0.25) is 4.98 Å². The normalized spacial score (nSPS) is 11.3. The molecule has 0 aliphatic rings. The number of nitrogens with one attached hydrogen (secondary N) is 2. The van der Waals surface area contributed by atoms with E-state index in [-0.39, 0.29) is 24.0 Å². The van der Waals surface area contributed by atoms with Crippen molar-refractivity contribution in [2.75, 3.05) is 0 Å². The van der Waals surface area contributed by atoms with Gasteiger partial charge in [0.05, 0.1) is 35.0 Å². The summed E-state index contributed by atoms with van der Waals surface area (Å²) >= 11 is 5.82. The monoisotopic (exact) mass is 519 g/mol. The fourth-order valence-corrected chi connectivity index (χ4v) is 3.83. The molecule has 3 aromatic heterocycles. The average Bonchev–Trinajstić information content (AvgIpc) is 3.55. The number of fused-ring (bicyclic) bond motifs is 1. The Balaban J connectivity index is 1.27. The molecule has 0 radical (unpaired) electrons. The van der Waals surface area contributed by atoms with Gasteiger partial charge < -0.3 is 10.6 Å². The third kappa shape index (κ3) is 5.26. The van der Waals surface area contributed by atoms with Gasteiger partial charge in [0.2, 0.25) is 0 Å². The SMILES string of the molecule is CC(C)c1nc(CNC(=O)NCc2ncnn2-c2ccc3cccnc3c2)n(-c2ccc(Cl)c(F)c2)n1. The van der Waals surface area contributed by atoms with E-state index in [1.807, 2.05) is 44.2 Å². The molecule has 37 heavy (non-hydrogen) atoms.